The van der Waals surface area contributed by atoms with Crippen molar-refractivity contribution in [2.24, 2.45) is 5.92 Å². The highest BCUT2D eigenvalue weighted by Gasteiger charge is 2.26. The van der Waals surface area contributed by atoms with Gasteiger partial charge >= 0.3 is 5.76 Å². The van der Waals surface area contributed by atoms with Gasteiger partial charge in [-0.1, -0.05) is 30.0 Å². The molecule has 11 heteroatoms. The summed E-state index contributed by atoms with van der Waals surface area (Å²) in [6.45, 7) is 1.79. The van der Waals surface area contributed by atoms with E-state index >= 15 is 0 Å². The largest absolute Gasteiger partial charge is 0.420 e. The van der Waals surface area contributed by atoms with Crippen molar-refractivity contribution in [2.75, 3.05) is 4.72 Å². The van der Waals surface area contributed by atoms with Crippen molar-refractivity contribution in [3.05, 3.63) is 70.2 Å². The molecule has 0 bridgehead atoms. The molecule has 5 rings (SSSR count). The fourth-order valence-electron chi connectivity index (χ4n) is 3.52. The Hall–Kier alpha value is -3.49. The zero-order valence-corrected chi connectivity index (χ0v) is 18.9. The average Bonchev–Trinajstić information content (AvgIpc) is 3.37. The summed E-state index contributed by atoms with van der Waals surface area (Å²) in [6, 6.07) is 8.90. The van der Waals surface area contributed by atoms with Crippen molar-refractivity contribution in [1.29, 1.82) is 0 Å². The van der Waals surface area contributed by atoms with E-state index in [1.807, 2.05) is 24.3 Å². The van der Waals surface area contributed by atoms with Crippen LogP contribution in [-0.2, 0) is 10.0 Å². The molecule has 2 aromatic carbocycles. The van der Waals surface area contributed by atoms with E-state index in [1.54, 1.807) is 6.92 Å². The molecule has 4 aromatic rings. The lowest BCUT2D eigenvalue weighted by atomic mass is 10.0. The summed E-state index contributed by atoms with van der Waals surface area (Å²) in [7, 11) is -4.30. The van der Waals surface area contributed by atoms with Gasteiger partial charge in [-0.15, -0.1) is 0 Å². The Balaban J connectivity index is 1.57. The number of anilines is 1. The van der Waals surface area contributed by atoms with Crippen LogP contribution in [0.4, 0.5) is 9.52 Å². The van der Waals surface area contributed by atoms with Crippen LogP contribution >= 0.6 is 11.5 Å². The maximum atomic E-state index is 15.0. The van der Waals surface area contributed by atoms with E-state index in [1.165, 1.54) is 10.9 Å². The van der Waals surface area contributed by atoms with Crippen LogP contribution in [0.2, 0.25) is 0 Å². The summed E-state index contributed by atoms with van der Waals surface area (Å²) in [6.07, 6.45) is 3.36. The number of nitrogens with one attached hydrogen (secondary N) is 1. The zero-order chi connectivity index (χ0) is 23.2. The highest BCUT2D eigenvalue weighted by atomic mass is 32.2. The van der Waals surface area contributed by atoms with E-state index in [0.29, 0.717) is 5.92 Å². The smallest absolute Gasteiger partial charge is 0.408 e. The number of oxazole rings is 1. The molecule has 0 amide bonds. The van der Waals surface area contributed by atoms with Crippen molar-refractivity contribution in [2.45, 2.75) is 30.7 Å². The second-order valence-corrected chi connectivity index (χ2v) is 10.1. The fraction of sp³-hybridized carbons (Fsp3) is 0.227. The standard InChI is InChI=1S/C22H17FN4O4S2/c1-13(16-5-3-2-4-15(16)9-8-14-6-7-14)27-18-10-17(23)20(11-19(18)31-22(27)28)33(29,30)26-21-24-12-25-32-21/h2-5,10-14H,6-7H2,1H3,(H,24,25,26). The number of hydrogen-bond donors (Lipinski definition) is 1. The Morgan fingerprint density at radius 2 is 2.09 bits per heavy atom. The molecule has 33 heavy (non-hydrogen) atoms. The van der Waals surface area contributed by atoms with Gasteiger partial charge in [0.1, 0.15) is 17.0 Å². The molecule has 0 aliphatic heterocycles. The molecule has 1 saturated carbocycles. The van der Waals surface area contributed by atoms with Crippen molar-refractivity contribution in [1.82, 2.24) is 13.9 Å². The molecule has 1 aliphatic carbocycles. The Labute approximate surface area is 192 Å². The summed E-state index contributed by atoms with van der Waals surface area (Å²) in [5.74, 6) is 5.05. The van der Waals surface area contributed by atoms with Crippen LogP contribution in [-0.4, -0.2) is 22.3 Å². The Morgan fingerprint density at radius 1 is 1.30 bits per heavy atom. The third-order valence-corrected chi connectivity index (χ3v) is 7.39. The van der Waals surface area contributed by atoms with E-state index in [9.17, 15) is 17.6 Å². The molecule has 1 aliphatic rings. The van der Waals surface area contributed by atoms with Crippen molar-refractivity contribution in [3.63, 3.8) is 0 Å². The molecular weight excluding hydrogens is 467 g/mol. The highest BCUT2D eigenvalue weighted by molar-refractivity contribution is 7.93. The molecule has 1 N–H and O–H groups in total. The first kappa shape index (κ1) is 21.4. The van der Waals surface area contributed by atoms with Crippen molar-refractivity contribution in [3.8, 4) is 11.8 Å². The maximum Gasteiger partial charge on any atom is 0.420 e. The first-order valence-electron chi connectivity index (χ1n) is 10.1. The molecular formula is C22H17FN4O4S2. The fourth-order valence-corrected chi connectivity index (χ4v) is 5.26. The van der Waals surface area contributed by atoms with Gasteiger partial charge in [0, 0.05) is 35.1 Å². The minimum atomic E-state index is -4.30. The minimum Gasteiger partial charge on any atom is -0.408 e. The van der Waals surface area contributed by atoms with Gasteiger partial charge in [0.2, 0.25) is 5.13 Å². The van der Waals surface area contributed by atoms with E-state index < -0.39 is 32.5 Å². The number of benzene rings is 2. The molecule has 2 heterocycles. The number of rotatable bonds is 5. The van der Waals surface area contributed by atoms with Gasteiger partial charge in [0.05, 0.1) is 11.6 Å². The number of aromatic nitrogens is 3. The van der Waals surface area contributed by atoms with E-state index in [-0.39, 0.29) is 16.2 Å². The molecule has 0 radical (unpaired) electrons. The second kappa shape index (κ2) is 8.13. The maximum absolute atomic E-state index is 15.0. The van der Waals surface area contributed by atoms with Crippen LogP contribution in [0.1, 0.15) is 36.9 Å². The number of nitrogens with zero attached hydrogens (tertiary/aromatic N) is 3. The van der Waals surface area contributed by atoms with Crippen LogP contribution in [0.5, 0.6) is 0 Å². The number of hydrogen-bond acceptors (Lipinski definition) is 7. The van der Waals surface area contributed by atoms with Crippen LogP contribution in [0.25, 0.3) is 11.1 Å². The van der Waals surface area contributed by atoms with Crippen LogP contribution in [0, 0.1) is 23.6 Å². The zero-order valence-electron chi connectivity index (χ0n) is 17.3. The lowest BCUT2D eigenvalue weighted by Crippen LogP contribution is -2.20. The quantitative estimate of drug-likeness (QED) is 0.432. The Kier molecular flexibility index (Phi) is 5.26. The highest BCUT2D eigenvalue weighted by Crippen LogP contribution is 2.30. The molecule has 1 fully saturated rings. The van der Waals surface area contributed by atoms with Gasteiger partial charge in [-0.2, -0.15) is 4.37 Å². The topological polar surface area (TPSA) is 107 Å². The van der Waals surface area contributed by atoms with Crippen LogP contribution < -0.4 is 10.5 Å². The molecule has 0 spiro atoms. The first-order valence-corrected chi connectivity index (χ1v) is 12.3. The van der Waals surface area contributed by atoms with Gasteiger partial charge in [-0.3, -0.25) is 9.29 Å². The third-order valence-electron chi connectivity index (χ3n) is 5.33. The number of halogens is 1. The lowest BCUT2D eigenvalue weighted by molar-refractivity contribution is 0.489. The third kappa shape index (κ3) is 4.15. The van der Waals surface area contributed by atoms with E-state index in [4.69, 9.17) is 4.42 Å². The van der Waals surface area contributed by atoms with E-state index in [2.05, 4.69) is 25.9 Å². The van der Waals surface area contributed by atoms with Gasteiger partial charge in [0.25, 0.3) is 10.0 Å². The molecule has 2 aromatic heterocycles. The summed E-state index contributed by atoms with van der Waals surface area (Å²) in [5, 5.41) is -0.00828. The minimum absolute atomic E-state index is 0.00828. The number of fused-ring (bicyclic) bond motifs is 1. The SMILES string of the molecule is CC(c1ccccc1C#CC1CC1)n1c(=O)oc2cc(S(=O)(=O)Nc3ncns3)c(F)cc21. The molecule has 0 saturated heterocycles. The Bertz CT molecular complexity index is 1580. The average molecular weight is 485 g/mol. The molecule has 1 unspecified atom stereocenters. The molecule has 168 valence electrons. The van der Waals surface area contributed by atoms with Crippen molar-refractivity contribution < 1.29 is 17.2 Å². The lowest BCUT2D eigenvalue weighted by Gasteiger charge is -2.15. The number of sulfonamides is 1. The summed E-state index contributed by atoms with van der Waals surface area (Å²) < 4.78 is 52.7. The monoisotopic (exact) mass is 484 g/mol. The van der Waals surface area contributed by atoms with Crippen LogP contribution in [0.15, 0.2) is 56.8 Å². The summed E-state index contributed by atoms with van der Waals surface area (Å²) in [5.41, 5.74) is 1.65. The molecule has 1 atom stereocenters. The Morgan fingerprint density at radius 3 is 2.82 bits per heavy atom. The van der Waals surface area contributed by atoms with Gasteiger partial charge in [0.15, 0.2) is 5.58 Å². The van der Waals surface area contributed by atoms with Gasteiger partial charge < -0.3 is 4.42 Å². The van der Waals surface area contributed by atoms with Gasteiger partial charge in [-0.25, -0.2) is 22.6 Å². The summed E-state index contributed by atoms with van der Waals surface area (Å²) in [4.78, 5) is 15.8. The van der Waals surface area contributed by atoms with Crippen molar-refractivity contribution >= 4 is 37.8 Å². The second-order valence-electron chi connectivity index (χ2n) is 7.65. The predicted octanol–water partition coefficient (Wildman–Crippen LogP) is 3.76. The van der Waals surface area contributed by atoms with Crippen LogP contribution in [0.3, 0.4) is 0 Å². The first-order chi connectivity index (χ1) is 15.8. The van der Waals surface area contributed by atoms with E-state index in [0.717, 1.165) is 47.6 Å². The normalized spacial score (nSPS) is 14.6. The van der Waals surface area contributed by atoms with Gasteiger partial charge in [-0.05, 0) is 31.4 Å². The predicted molar refractivity (Wildman–Crippen MR) is 121 cm³/mol. The summed E-state index contributed by atoms with van der Waals surface area (Å²) >= 11 is 0.810. The molecule has 8 nitrogen and oxygen atoms in total.